The van der Waals surface area contributed by atoms with Crippen molar-refractivity contribution in [2.75, 3.05) is 7.11 Å². The maximum absolute atomic E-state index is 12.9. The van der Waals surface area contributed by atoms with E-state index in [2.05, 4.69) is 5.32 Å². The Morgan fingerprint density at radius 3 is 2.18 bits per heavy atom. The van der Waals surface area contributed by atoms with Crippen molar-refractivity contribution in [1.82, 2.24) is 5.32 Å². The van der Waals surface area contributed by atoms with Crippen LogP contribution in [0.1, 0.15) is 29.7 Å². The third kappa shape index (κ3) is 4.92. The first-order valence-corrected chi connectivity index (χ1v) is 9.29. The lowest BCUT2D eigenvalue weighted by molar-refractivity contribution is -0.127. The standard InChI is InChI=1S/C24H25NO3/c1-17-12-14-20(15-13-17)23(19-8-5-4-6-9-19)25-24(26)18(2)28-22-11-7-10-21(16-22)27-3/h4-16,18,23H,1-3H3,(H,25,26)/t18-,23-/m0/s1. The molecule has 0 aliphatic carbocycles. The van der Waals surface area contributed by atoms with E-state index in [9.17, 15) is 4.79 Å². The summed E-state index contributed by atoms with van der Waals surface area (Å²) in [6.07, 6.45) is -0.649. The van der Waals surface area contributed by atoms with Crippen LogP contribution in [-0.2, 0) is 4.79 Å². The number of carbonyl (C=O) groups excluding carboxylic acids is 1. The molecule has 0 heterocycles. The molecule has 1 amide bonds. The number of hydrogen-bond donors (Lipinski definition) is 1. The molecule has 0 fully saturated rings. The minimum absolute atomic E-state index is 0.183. The highest BCUT2D eigenvalue weighted by atomic mass is 16.5. The molecule has 28 heavy (non-hydrogen) atoms. The zero-order chi connectivity index (χ0) is 19.9. The van der Waals surface area contributed by atoms with E-state index >= 15 is 0 Å². The quantitative estimate of drug-likeness (QED) is 0.652. The van der Waals surface area contributed by atoms with Crippen molar-refractivity contribution in [3.05, 3.63) is 95.6 Å². The smallest absolute Gasteiger partial charge is 0.261 e. The van der Waals surface area contributed by atoms with Crippen LogP contribution in [0.4, 0.5) is 0 Å². The molecule has 3 aromatic carbocycles. The van der Waals surface area contributed by atoms with Gasteiger partial charge in [-0.25, -0.2) is 0 Å². The largest absolute Gasteiger partial charge is 0.497 e. The summed E-state index contributed by atoms with van der Waals surface area (Å²) >= 11 is 0. The Kier molecular flexibility index (Phi) is 6.33. The van der Waals surface area contributed by atoms with E-state index in [0.717, 1.165) is 11.1 Å². The third-order valence-corrected chi connectivity index (χ3v) is 4.55. The van der Waals surface area contributed by atoms with Crippen LogP contribution in [0, 0.1) is 6.92 Å². The Balaban J connectivity index is 1.77. The van der Waals surface area contributed by atoms with Gasteiger partial charge in [0.2, 0.25) is 0 Å². The van der Waals surface area contributed by atoms with Crippen molar-refractivity contribution in [1.29, 1.82) is 0 Å². The molecule has 1 N–H and O–H groups in total. The summed E-state index contributed by atoms with van der Waals surface area (Å²) in [7, 11) is 1.60. The highest BCUT2D eigenvalue weighted by Crippen LogP contribution is 2.24. The molecule has 0 spiro atoms. The summed E-state index contributed by atoms with van der Waals surface area (Å²) in [6, 6.07) is 25.1. The van der Waals surface area contributed by atoms with Crippen molar-refractivity contribution >= 4 is 5.91 Å². The Hall–Kier alpha value is -3.27. The van der Waals surface area contributed by atoms with E-state index in [0.29, 0.717) is 11.5 Å². The van der Waals surface area contributed by atoms with Crippen LogP contribution in [0.5, 0.6) is 11.5 Å². The van der Waals surface area contributed by atoms with Crippen molar-refractivity contribution < 1.29 is 14.3 Å². The van der Waals surface area contributed by atoms with Crippen LogP contribution >= 0.6 is 0 Å². The number of carbonyl (C=O) groups is 1. The lowest BCUT2D eigenvalue weighted by Gasteiger charge is -2.23. The zero-order valence-electron chi connectivity index (χ0n) is 16.4. The average Bonchev–Trinajstić information content (AvgIpc) is 2.73. The normalized spacial score (nSPS) is 12.7. The van der Waals surface area contributed by atoms with E-state index in [1.54, 1.807) is 26.2 Å². The summed E-state index contributed by atoms with van der Waals surface area (Å²) in [5.74, 6) is 1.10. The Morgan fingerprint density at radius 2 is 1.50 bits per heavy atom. The molecule has 0 aromatic heterocycles. The molecule has 0 aliphatic heterocycles. The van der Waals surface area contributed by atoms with Crippen LogP contribution in [0.3, 0.4) is 0 Å². The number of nitrogens with one attached hydrogen (secondary N) is 1. The van der Waals surface area contributed by atoms with Gasteiger partial charge < -0.3 is 14.8 Å². The maximum Gasteiger partial charge on any atom is 0.261 e. The minimum atomic E-state index is -0.649. The first kappa shape index (κ1) is 19.5. The number of rotatable bonds is 7. The molecule has 3 aromatic rings. The van der Waals surface area contributed by atoms with Crippen LogP contribution in [-0.4, -0.2) is 19.1 Å². The van der Waals surface area contributed by atoms with Gasteiger partial charge in [0.05, 0.1) is 13.2 Å². The fourth-order valence-electron chi connectivity index (χ4n) is 2.96. The molecule has 0 aliphatic rings. The second kappa shape index (κ2) is 9.09. The molecule has 0 unspecified atom stereocenters. The summed E-state index contributed by atoms with van der Waals surface area (Å²) in [5, 5.41) is 3.12. The molecule has 0 saturated heterocycles. The first-order valence-electron chi connectivity index (χ1n) is 9.29. The molecule has 0 saturated carbocycles. The van der Waals surface area contributed by atoms with Crippen molar-refractivity contribution in [2.45, 2.75) is 26.0 Å². The average molecular weight is 375 g/mol. The van der Waals surface area contributed by atoms with Gasteiger partial charge in [0.25, 0.3) is 5.91 Å². The first-order chi connectivity index (χ1) is 13.6. The van der Waals surface area contributed by atoms with Gasteiger partial charge in [-0.3, -0.25) is 4.79 Å². The van der Waals surface area contributed by atoms with Gasteiger partial charge in [0, 0.05) is 6.07 Å². The van der Waals surface area contributed by atoms with Gasteiger partial charge in [-0.05, 0) is 37.1 Å². The third-order valence-electron chi connectivity index (χ3n) is 4.55. The van der Waals surface area contributed by atoms with Crippen LogP contribution in [0.25, 0.3) is 0 Å². The molecule has 3 rings (SSSR count). The molecule has 0 radical (unpaired) electrons. The minimum Gasteiger partial charge on any atom is -0.497 e. The fourth-order valence-corrected chi connectivity index (χ4v) is 2.96. The molecule has 4 nitrogen and oxygen atoms in total. The topological polar surface area (TPSA) is 47.6 Å². The van der Waals surface area contributed by atoms with E-state index in [1.165, 1.54) is 5.56 Å². The van der Waals surface area contributed by atoms with E-state index < -0.39 is 6.10 Å². The Morgan fingerprint density at radius 1 is 0.857 bits per heavy atom. The Labute approximate surface area is 166 Å². The number of benzene rings is 3. The van der Waals surface area contributed by atoms with Crippen molar-refractivity contribution in [2.24, 2.45) is 0 Å². The van der Waals surface area contributed by atoms with Crippen LogP contribution < -0.4 is 14.8 Å². The van der Waals surface area contributed by atoms with E-state index in [-0.39, 0.29) is 11.9 Å². The van der Waals surface area contributed by atoms with E-state index in [4.69, 9.17) is 9.47 Å². The zero-order valence-corrected chi connectivity index (χ0v) is 16.4. The maximum atomic E-state index is 12.9. The van der Waals surface area contributed by atoms with Gasteiger partial charge in [0.1, 0.15) is 11.5 Å². The van der Waals surface area contributed by atoms with Gasteiger partial charge in [0.15, 0.2) is 6.10 Å². The summed E-state index contributed by atoms with van der Waals surface area (Å²) in [4.78, 5) is 12.9. The fraction of sp³-hybridized carbons (Fsp3) is 0.208. The summed E-state index contributed by atoms with van der Waals surface area (Å²) in [5.41, 5.74) is 3.23. The van der Waals surface area contributed by atoms with Gasteiger partial charge in [-0.15, -0.1) is 0 Å². The van der Waals surface area contributed by atoms with Crippen molar-refractivity contribution in [3.8, 4) is 11.5 Å². The van der Waals surface area contributed by atoms with Gasteiger partial charge >= 0.3 is 0 Å². The molecule has 2 atom stereocenters. The van der Waals surface area contributed by atoms with Gasteiger partial charge in [-0.2, -0.15) is 0 Å². The second-order valence-electron chi connectivity index (χ2n) is 6.70. The van der Waals surface area contributed by atoms with E-state index in [1.807, 2.05) is 73.7 Å². The number of ether oxygens (including phenoxy) is 2. The molecular formula is C24H25NO3. The Bertz CT molecular complexity index is 907. The monoisotopic (exact) mass is 375 g/mol. The number of methoxy groups -OCH3 is 1. The summed E-state index contributed by atoms with van der Waals surface area (Å²) < 4.78 is 11.0. The van der Waals surface area contributed by atoms with Crippen molar-refractivity contribution in [3.63, 3.8) is 0 Å². The number of hydrogen-bond acceptors (Lipinski definition) is 3. The van der Waals surface area contributed by atoms with Crippen LogP contribution in [0.2, 0.25) is 0 Å². The summed E-state index contributed by atoms with van der Waals surface area (Å²) in [6.45, 7) is 3.79. The molecular weight excluding hydrogens is 350 g/mol. The SMILES string of the molecule is COc1cccc(O[C@@H](C)C(=O)N[C@@H](c2ccccc2)c2ccc(C)cc2)c1. The predicted octanol–water partition coefficient (Wildman–Crippen LogP) is 4.68. The van der Waals surface area contributed by atoms with Crippen LogP contribution in [0.15, 0.2) is 78.9 Å². The molecule has 0 bridgehead atoms. The lowest BCUT2D eigenvalue weighted by Crippen LogP contribution is -2.39. The predicted molar refractivity (Wildman–Crippen MR) is 111 cm³/mol. The number of aryl methyl sites for hydroxylation is 1. The lowest BCUT2D eigenvalue weighted by atomic mass is 9.97. The van der Waals surface area contributed by atoms with Gasteiger partial charge in [-0.1, -0.05) is 66.2 Å². The number of amides is 1. The second-order valence-corrected chi connectivity index (χ2v) is 6.70. The molecule has 144 valence electrons. The highest BCUT2D eigenvalue weighted by molar-refractivity contribution is 5.81. The molecule has 4 heteroatoms. The highest BCUT2D eigenvalue weighted by Gasteiger charge is 2.21.